The number of nitrogens with zero attached hydrogens (tertiary/aromatic N) is 4. The van der Waals surface area contributed by atoms with Gasteiger partial charge in [0.25, 0.3) is 5.91 Å². The molecule has 1 unspecified atom stereocenters. The molecule has 0 aliphatic carbocycles. The maximum Gasteiger partial charge on any atom is 0.303 e. The van der Waals surface area contributed by atoms with Gasteiger partial charge in [0, 0.05) is 62.9 Å². The molecule has 0 N–H and O–H groups in total. The minimum atomic E-state index is -0.718. The lowest BCUT2D eigenvalue weighted by molar-refractivity contribution is -0.144. The molecule has 3 heterocycles. The van der Waals surface area contributed by atoms with E-state index in [2.05, 4.69) is 9.80 Å². The van der Waals surface area contributed by atoms with E-state index in [9.17, 15) is 14.4 Å². The quantitative estimate of drug-likeness (QED) is 0.518. The fourth-order valence-electron chi connectivity index (χ4n) is 5.55. The first-order chi connectivity index (χ1) is 18.5. The highest BCUT2D eigenvalue weighted by molar-refractivity contribution is 6.11. The predicted molar refractivity (Wildman–Crippen MR) is 143 cm³/mol. The second kappa shape index (κ2) is 12.1. The van der Waals surface area contributed by atoms with Crippen molar-refractivity contribution in [2.24, 2.45) is 0 Å². The van der Waals surface area contributed by atoms with E-state index in [1.807, 2.05) is 35.2 Å². The number of carbonyl (C=O) groups is 3. The second-order valence-corrected chi connectivity index (χ2v) is 10.1. The molecular formula is C29H36N4O5. The zero-order valence-electron chi connectivity index (χ0n) is 22.0. The first kappa shape index (κ1) is 26.3. The van der Waals surface area contributed by atoms with Crippen LogP contribution in [0.5, 0.6) is 0 Å². The molecule has 1 atom stereocenters. The number of rotatable bonds is 7. The average molecular weight is 521 g/mol. The van der Waals surface area contributed by atoms with Crippen molar-refractivity contribution in [3.63, 3.8) is 0 Å². The van der Waals surface area contributed by atoms with Crippen LogP contribution < -0.4 is 4.90 Å². The molecule has 0 radical (unpaired) electrons. The number of benzene rings is 2. The van der Waals surface area contributed by atoms with Crippen molar-refractivity contribution in [3.05, 3.63) is 65.2 Å². The van der Waals surface area contributed by atoms with Gasteiger partial charge in [-0.05, 0) is 31.6 Å². The smallest absolute Gasteiger partial charge is 0.303 e. The SMILES string of the molecule is CC(=O)OC1c2ccccc2C(=O)N(CC(=O)N2CCN(CCCN3CCOCC3)CC2)c2ccccc21. The molecule has 3 aliphatic rings. The zero-order chi connectivity index (χ0) is 26.5. The maximum absolute atomic E-state index is 13.7. The van der Waals surface area contributed by atoms with Crippen molar-refractivity contribution >= 4 is 23.5 Å². The van der Waals surface area contributed by atoms with Crippen molar-refractivity contribution in [1.29, 1.82) is 0 Å². The highest BCUT2D eigenvalue weighted by atomic mass is 16.5. The topological polar surface area (TPSA) is 82.6 Å². The molecule has 2 aromatic carbocycles. The summed E-state index contributed by atoms with van der Waals surface area (Å²) in [4.78, 5) is 47.4. The van der Waals surface area contributed by atoms with Crippen LogP contribution >= 0.6 is 0 Å². The molecule has 0 saturated carbocycles. The molecule has 2 amide bonds. The van der Waals surface area contributed by atoms with Crippen LogP contribution in [-0.2, 0) is 19.1 Å². The van der Waals surface area contributed by atoms with Crippen LogP contribution in [0.2, 0.25) is 0 Å². The van der Waals surface area contributed by atoms with E-state index in [1.165, 1.54) is 11.8 Å². The number of para-hydroxylation sites is 1. The Labute approximate surface area is 223 Å². The van der Waals surface area contributed by atoms with E-state index >= 15 is 0 Å². The van der Waals surface area contributed by atoms with Gasteiger partial charge in [-0.2, -0.15) is 0 Å². The van der Waals surface area contributed by atoms with Crippen LogP contribution in [0.1, 0.15) is 40.9 Å². The fourth-order valence-corrected chi connectivity index (χ4v) is 5.55. The highest BCUT2D eigenvalue weighted by Gasteiger charge is 2.35. The van der Waals surface area contributed by atoms with E-state index in [4.69, 9.17) is 9.47 Å². The number of ether oxygens (including phenoxy) is 2. The maximum atomic E-state index is 13.7. The van der Waals surface area contributed by atoms with Crippen molar-refractivity contribution in [2.45, 2.75) is 19.4 Å². The van der Waals surface area contributed by atoms with Gasteiger partial charge in [-0.15, -0.1) is 0 Å². The molecule has 0 spiro atoms. The predicted octanol–water partition coefficient (Wildman–Crippen LogP) is 2.17. The molecular weight excluding hydrogens is 484 g/mol. The minimum Gasteiger partial charge on any atom is -0.453 e. The third-order valence-electron chi connectivity index (χ3n) is 7.58. The van der Waals surface area contributed by atoms with E-state index in [-0.39, 0.29) is 18.4 Å². The fraction of sp³-hybridized carbons (Fsp3) is 0.483. The van der Waals surface area contributed by atoms with Gasteiger partial charge in [0.1, 0.15) is 6.54 Å². The number of hydrogen-bond acceptors (Lipinski definition) is 7. The zero-order valence-corrected chi connectivity index (χ0v) is 22.0. The van der Waals surface area contributed by atoms with Gasteiger partial charge in [-0.25, -0.2) is 0 Å². The number of esters is 1. The van der Waals surface area contributed by atoms with Gasteiger partial charge in [-0.3, -0.25) is 29.1 Å². The number of amides is 2. The highest BCUT2D eigenvalue weighted by Crippen LogP contribution is 2.39. The van der Waals surface area contributed by atoms with Crippen molar-refractivity contribution in [3.8, 4) is 0 Å². The monoisotopic (exact) mass is 520 g/mol. The average Bonchev–Trinajstić information content (AvgIpc) is 3.03. The van der Waals surface area contributed by atoms with Crippen LogP contribution in [0.25, 0.3) is 0 Å². The number of piperazine rings is 1. The molecule has 9 nitrogen and oxygen atoms in total. The van der Waals surface area contributed by atoms with Gasteiger partial charge in [0.15, 0.2) is 6.10 Å². The Bertz CT molecular complexity index is 1160. The Morgan fingerprint density at radius 2 is 1.50 bits per heavy atom. The standard InChI is InChI=1S/C29H36N4O5/c1-22(34)38-28-23-7-2-3-8-24(23)29(36)33(26-10-5-4-9-25(26)28)21-27(35)32-15-13-30(14-16-32)11-6-12-31-17-19-37-20-18-31/h2-5,7-10,28H,6,11-21H2,1H3. The number of hydrogen-bond donors (Lipinski definition) is 0. The van der Waals surface area contributed by atoms with Gasteiger partial charge >= 0.3 is 5.97 Å². The van der Waals surface area contributed by atoms with Crippen LogP contribution in [-0.4, -0.2) is 105 Å². The van der Waals surface area contributed by atoms with E-state index in [0.29, 0.717) is 35.5 Å². The number of anilines is 1. The molecule has 9 heteroatoms. The van der Waals surface area contributed by atoms with Crippen LogP contribution in [0.3, 0.4) is 0 Å². The summed E-state index contributed by atoms with van der Waals surface area (Å²) in [5, 5.41) is 0. The summed E-state index contributed by atoms with van der Waals surface area (Å²) in [5.41, 5.74) is 2.35. The largest absolute Gasteiger partial charge is 0.453 e. The first-order valence-electron chi connectivity index (χ1n) is 13.5. The van der Waals surface area contributed by atoms with E-state index in [1.54, 1.807) is 18.2 Å². The summed E-state index contributed by atoms with van der Waals surface area (Å²) in [7, 11) is 0. The van der Waals surface area contributed by atoms with E-state index < -0.39 is 12.1 Å². The Kier molecular flexibility index (Phi) is 8.36. The Morgan fingerprint density at radius 1 is 0.868 bits per heavy atom. The molecule has 5 rings (SSSR count). The summed E-state index contributed by atoms with van der Waals surface area (Å²) < 4.78 is 11.1. The summed E-state index contributed by atoms with van der Waals surface area (Å²) in [6.45, 7) is 10.0. The van der Waals surface area contributed by atoms with Crippen LogP contribution in [0, 0.1) is 0 Å². The molecule has 202 valence electrons. The van der Waals surface area contributed by atoms with Gasteiger partial charge in [-0.1, -0.05) is 36.4 Å². The Hall–Kier alpha value is -3.27. The third-order valence-corrected chi connectivity index (χ3v) is 7.58. The summed E-state index contributed by atoms with van der Waals surface area (Å²) in [6, 6.07) is 14.5. The number of fused-ring (bicyclic) bond motifs is 2. The van der Waals surface area contributed by atoms with Gasteiger partial charge < -0.3 is 14.4 Å². The van der Waals surface area contributed by atoms with Crippen LogP contribution in [0.15, 0.2) is 48.5 Å². The molecule has 2 saturated heterocycles. The number of carbonyl (C=O) groups excluding carboxylic acids is 3. The summed E-state index contributed by atoms with van der Waals surface area (Å²) >= 11 is 0. The third kappa shape index (κ3) is 5.90. The molecule has 2 aromatic rings. The summed E-state index contributed by atoms with van der Waals surface area (Å²) in [6.07, 6.45) is 0.389. The lowest BCUT2D eigenvalue weighted by Gasteiger charge is -2.36. The molecule has 2 fully saturated rings. The normalized spacial score (nSPS) is 20.4. The molecule has 0 bridgehead atoms. The van der Waals surface area contributed by atoms with Crippen molar-refractivity contribution in [2.75, 3.05) is 77.0 Å². The lowest BCUT2D eigenvalue weighted by Crippen LogP contribution is -2.52. The first-order valence-corrected chi connectivity index (χ1v) is 13.5. The lowest BCUT2D eigenvalue weighted by atomic mass is 9.97. The molecule has 0 aromatic heterocycles. The Morgan fingerprint density at radius 3 is 2.21 bits per heavy atom. The van der Waals surface area contributed by atoms with Gasteiger partial charge in [0.05, 0.1) is 18.9 Å². The van der Waals surface area contributed by atoms with Crippen molar-refractivity contribution in [1.82, 2.24) is 14.7 Å². The van der Waals surface area contributed by atoms with Crippen LogP contribution in [0.4, 0.5) is 5.69 Å². The van der Waals surface area contributed by atoms with E-state index in [0.717, 1.165) is 58.9 Å². The van der Waals surface area contributed by atoms with Crippen molar-refractivity contribution < 1.29 is 23.9 Å². The minimum absolute atomic E-state index is 0.0615. The number of morpholine rings is 1. The molecule has 38 heavy (non-hydrogen) atoms. The molecule has 3 aliphatic heterocycles. The Balaban J connectivity index is 1.25. The van der Waals surface area contributed by atoms with Gasteiger partial charge in [0.2, 0.25) is 5.91 Å². The second-order valence-electron chi connectivity index (χ2n) is 10.1. The summed E-state index contributed by atoms with van der Waals surface area (Å²) in [5.74, 6) is -0.776.